The Morgan fingerprint density at radius 2 is 1.53 bits per heavy atom. The average Bonchev–Trinajstić information content (AvgIpc) is 2.79. The van der Waals surface area contributed by atoms with Crippen LogP contribution in [0.25, 0.3) is 0 Å². The average molecular weight is 507 g/mol. The van der Waals surface area contributed by atoms with Gasteiger partial charge < -0.3 is 9.47 Å². The van der Waals surface area contributed by atoms with E-state index in [1.54, 1.807) is 29.7 Å². The number of rotatable bonds is 7. The highest BCUT2D eigenvalue weighted by molar-refractivity contribution is 6.30. The number of hydrogen-bond acceptors (Lipinski definition) is 4. The monoisotopic (exact) mass is 506 g/mol. The number of ether oxygens (including phenoxy) is 2. The van der Waals surface area contributed by atoms with Crippen molar-refractivity contribution in [3.05, 3.63) is 87.4 Å². The van der Waals surface area contributed by atoms with Crippen LogP contribution in [-0.2, 0) is 12.8 Å². The molecule has 3 aromatic carbocycles. The zero-order chi connectivity index (χ0) is 25.0. The lowest BCUT2D eigenvalue weighted by Gasteiger charge is -2.13. The first-order valence-corrected chi connectivity index (χ1v) is 9.68. The Kier molecular flexibility index (Phi) is 7.55. The van der Waals surface area contributed by atoms with Gasteiger partial charge in [0.2, 0.25) is 0 Å². The molecule has 12 heteroatoms. The summed E-state index contributed by atoms with van der Waals surface area (Å²) in [4.78, 5) is 0. The summed E-state index contributed by atoms with van der Waals surface area (Å²) in [6.45, 7) is 0.201. The smallest absolute Gasteiger partial charge is 0.422 e. The van der Waals surface area contributed by atoms with Crippen molar-refractivity contribution in [3.63, 3.8) is 0 Å². The van der Waals surface area contributed by atoms with Crippen LogP contribution in [0.2, 0.25) is 5.02 Å². The zero-order valence-electron chi connectivity index (χ0n) is 17.1. The van der Waals surface area contributed by atoms with Gasteiger partial charge >= 0.3 is 6.18 Å². The van der Waals surface area contributed by atoms with Crippen LogP contribution in [0.1, 0.15) is 16.7 Å². The maximum absolute atomic E-state index is 13.9. The van der Waals surface area contributed by atoms with E-state index in [2.05, 4.69) is 5.10 Å². The van der Waals surface area contributed by atoms with Gasteiger partial charge in [-0.25, -0.2) is 17.6 Å². The second-order valence-corrected chi connectivity index (χ2v) is 7.14. The van der Waals surface area contributed by atoms with E-state index in [9.17, 15) is 30.7 Å². The van der Waals surface area contributed by atoms with Gasteiger partial charge in [-0.1, -0.05) is 23.7 Å². The quantitative estimate of drug-likeness (QED) is 0.163. The molecule has 1 N–H and O–H groups in total. The summed E-state index contributed by atoms with van der Waals surface area (Å²) < 4.78 is 104. The summed E-state index contributed by atoms with van der Waals surface area (Å²) in [5.41, 5.74) is -1.37. The fraction of sp³-hybridized carbons (Fsp3) is 0.136. The molecule has 0 heterocycles. The lowest BCUT2D eigenvalue weighted by Crippen LogP contribution is -2.16. The van der Waals surface area contributed by atoms with Crippen molar-refractivity contribution in [1.29, 1.82) is 0 Å². The van der Waals surface area contributed by atoms with Crippen molar-refractivity contribution in [3.8, 4) is 11.5 Å². The van der Waals surface area contributed by atoms with Gasteiger partial charge in [0.1, 0.15) is 17.9 Å². The van der Waals surface area contributed by atoms with E-state index in [1.165, 1.54) is 25.3 Å². The topological polar surface area (TPSA) is 42.8 Å². The standard InChI is InChI=1S/C22H14ClF7N2O2/c1-33-15-8-12(4-7-14(15)34-10-11-2-5-13(23)6-3-11)9-31-32-21-19(26)17(24)16(22(28,29)30)18(25)20(21)27/h2-9,32H,10H2,1H3/b31-9-. The molecular weight excluding hydrogens is 493 g/mol. The van der Waals surface area contributed by atoms with Gasteiger partial charge in [-0.05, 0) is 41.5 Å². The molecule has 0 aliphatic heterocycles. The van der Waals surface area contributed by atoms with Gasteiger partial charge in [-0.3, -0.25) is 5.43 Å². The summed E-state index contributed by atoms with van der Waals surface area (Å²) in [6, 6.07) is 11.4. The zero-order valence-corrected chi connectivity index (χ0v) is 17.9. The number of benzene rings is 3. The van der Waals surface area contributed by atoms with Gasteiger partial charge in [0.05, 0.1) is 13.3 Å². The van der Waals surface area contributed by atoms with Crippen molar-refractivity contribution < 1.29 is 40.2 Å². The summed E-state index contributed by atoms with van der Waals surface area (Å²) in [7, 11) is 1.36. The molecule has 0 saturated carbocycles. The first kappa shape index (κ1) is 25.2. The molecule has 0 aliphatic carbocycles. The van der Waals surface area contributed by atoms with Crippen molar-refractivity contribution in [2.45, 2.75) is 12.8 Å². The minimum absolute atomic E-state index is 0.201. The molecule has 0 aliphatic rings. The summed E-state index contributed by atoms with van der Waals surface area (Å²) in [6.07, 6.45) is -4.64. The molecule has 3 rings (SSSR count). The number of halogens is 8. The Labute approximate surface area is 193 Å². The third-order valence-electron chi connectivity index (χ3n) is 4.43. The molecule has 0 aromatic heterocycles. The van der Waals surface area contributed by atoms with Crippen molar-refractivity contribution in [2.24, 2.45) is 5.10 Å². The largest absolute Gasteiger partial charge is 0.493 e. The summed E-state index contributed by atoms with van der Waals surface area (Å²) in [5.74, 6) is -9.10. The highest BCUT2D eigenvalue weighted by Gasteiger charge is 2.42. The molecule has 180 valence electrons. The molecule has 0 atom stereocenters. The van der Waals surface area contributed by atoms with Crippen LogP contribution in [0.15, 0.2) is 47.6 Å². The molecule has 0 unspecified atom stereocenters. The van der Waals surface area contributed by atoms with Gasteiger partial charge in [0.15, 0.2) is 34.8 Å². The Bertz CT molecular complexity index is 1190. The van der Waals surface area contributed by atoms with Crippen LogP contribution in [0, 0.1) is 23.3 Å². The summed E-state index contributed by atoms with van der Waals surface area (Å²) >= 11 is 5.83. The molecule has 0 bridgehead atoms. The lowest BCUT2D eigenvalue weighted by molar-refractivity contribution is -0.143. The Hall–Kier alpha value is -3.47. The minimum atomic E-state index is -5.63. The molecule has 0 amide bonds. The highest BCUT2D eigenvalue weighted by Crippen LogP contribution is 2.38. The Balaban J connectivity index is 1.77. The first-order valence-electron chi connectivity index (χ1n) is 9.30. The maximum atomic E-state index is 13.9. The molecule has 0 saturated heterocycles. The van der Waals surface area contributed by atoms with Crippen LogP contribution < -0.4 is 14.9 Å². The van der Waals surface area contributed by atoms with Crippen LogP contribution >= 0.6 is 11.6 Å². The summed E-state index contributed by atoms with van der Waals surface area (Å²) in [5, 5.41) is 4.01. The van der Waals surface area contributed by atoms with Crippen LogP contribution in [-0.4, -0.2) is 13.3 Å². The van der Waals surface area contributed by atoms with Crippen molar-refractivity contribution in [2.75, 3.05) is 12.5 Å². The van der Waals surface area contributed by atoms with E-state index in [0.29, 0.717) is 16.3 Å². The predicted molar refractivity (Wildman–Crippen MR) is 111 cm³/mol. The number of nitrogens with one attached hydrogen (secondary N) is 1. The fourth-order valence-electron chi connectivity index (χ4n) is 2.78. The number of anilines is 1. The lowest BCUT2D eigenvalue weighted by atomic mass is 10.1. The normalized spacial score (nSPS) is 11.7. The minimum Gasteiger partial charge on any atom is -0.493 e. The van der Waals surface area contributed by atoms with E-state index in [-0.39, 0.29) is 12.4 Å². The maximum Gasteiger partial charge on any atom is 0.422 e. The number of methoxy groups -OCH3 is 1. The van der Waals surface area contributed by atoms with Gasteiger partial charge in [-0.2, -0.15) is 18.3 Å². The SMILES string of the molecule is COc1cc(/C=N\Nc2c(F)c(F)c(C(F)(F)F)c(F)c2F)ccc1OCc1ccc(Cl)cc1. The van der Waals surface area contributed by atoms with E-state index < -0.39 is 40.7 Å². The number of nitrogens with zero attached hydrogens (tertiary/aromatic N) is 1. The van der Waals surface area contributed by atoms with Gasteiger partial charge in [-0.15, -0.1) is 0 Å². The van der Waals surface area contributed by atoms with Crippen LogP contribution in [0.3, 0.4) is 0 Å². The molecule has 4 nitrogen and oxygen atoms in total. The Morgan fingerprint density at radius 3 is 2.09 bits per heavy atom. The van der Waals surface area contributed by atoms with Crippen LogP contribution in [0.4, 0.5) is 36.4 Å². The van der Waals surface area contributed by atoms with Crippen LogP contribution in [0.5, 0.6) is 11.5 Å². The van der Waals surface area contributed by atoms with Gasteiger partial charge in [0, 0.05) is 5.02 Å². The third kappa shape index (κ3) is 5.53. The number of hydrazone groups is 1. The fourth-order valence-corrected chi connectivity index (χ4v) is 2.90. The van der Waals surface area contributed by atoms with E-state index in [4.69, 9.17) is 21.1 Å². The van der Waals surface area contributed by atoms with E-state index >= 15 is 0 Å². The molecule has 3 aromatic rings. The van der Waals surface area contributed by atoms with Crippen molar-refractivity contribution in [1.82, 2.24) is 0 Å². The molecular formula is C22H14ClF7N2O2. The predicted octanol–water partition coefficient (Wildman–Crippen LogP) is 6.95. The van der Waals surface area contributed by atoms with E-state index in [0.717, 1.165) is 11.8 Å². The first-order chi connectivity index (χ1) is 16.0. The molecule has 0 radical (unpaired) electrons. The molecule has 0 fully saturated rings. The third-order valence-corrected chi connectivity index (χ3v) is 4.68. The highest BCUT2D eigenvalue weighted by atomic mass is 35.5. The second kappa shape index (κ2) is 10.2. The number of hydrogen-bond donors (Lipinski definition) is 1. The second-order valence-electron chi connectivity index (χ2n) is 6.70. The van der Waals surface area contributed by atoms with Crippen molar-refractivity contribution >= 4 is 23.5 Å². The van der Waals surface area contributed by atoms with E-state index in [1.807, 2.05) is 0 Å². The molecule has 34 heavy (non-hydrogen) atoms. The Morgan fingerprint density at radius 1 is 0.912 bits per heavy atom. The number of alkyl halides is 3. The van der Waals surface area contributed by atoms with Gasteiger partial charge in [0.25, 0.3) is 0 Å². The molecule has 0 spiro atoms.